The number of aromatic nitrogens is 6. The van der Waals surface area contributed by atoms with Gasteiger partial charge in [-0.15, -0.1) is 5.10 Å². The van der Waals surface area contributed by atoms with Crippen molar-refractivity contribution in [2.24, 2.45) is 0 Å². The number of hydrogen-bond acceptors (Lipinski definition) is 7. The summed E-state index contributed by atoms with van der Waals surface area (Å²) >= 11 is 0. The summed E-state index contributed by atoms with van der Waals surface area (Å²) in [6, 6.07) is 7.84. The number of hydrogen-bond donors (Lipinski definition) is 0. The van der Waals surface area contributed by atoms with Gasteiger partial charge in [0, 0.05) is 30.8 Å². The fraction of sp³-hybridized carbons (Fsp3) is 0.368. The molecule has 4 rings (SSSR count). The number of benzene rings is 1. The molecule has 1 atom stereocenters. The first-order valence-electron chi connectivity index (χ1n) is 9.46. The van der Waals surface area contributed by atoms with Crippen LogP contribution in [0.25, 0.3) is 5.69 Å². The molecule has 1 saturated heterocycles. The van der Waals surface area contributed by atoms with Crippen LogP contribution in [-0.4, -0.2) is 60.7 Å². The number of carbonyl (C=O) groups is 1. The van der Waals surface area contributed by atoms with Crippen LogP contribution in [0.1, 0.15) is 29.6 Å². The van der Waals surface area contributed by atoms with E-state index in [1.807, 2.05) is 0 Å². The van der Waals surface area contributed by atoms with E-state index >= 15 is 0 Å². The first-order chi connectivity index (χ1) is 14.8. The molecule has 2 aromatic heterocycles. The van der Waals surface area contributed by atoms with Gasteiger partial charge in [-0.1, -0.05) is 6.07 Å². The third kappa shape index (κ3) is 4.78. The number of rotatable bonds is 5. The van der Waals surface area contributed by atoms with E-state index in [1.165, 1.54) is 17.9 Å². The van der Waals surface area contributed by atoms with Crippen molar-refractivity contribution in [3.63, 3.8) is 0 Å². The number of nitrogens with zero attached hydrogens (tertiary/aromatic N) is 7. The van der Waals surface area contributed by atoms with Crippen molar-refractivity contribution in [3.8, 4) is 11.4 Å². The van der Waals surface area contributed by atoms with Crippen LogP contribution in [0.2, 0.25) is 0 Å². The smallest absolute Gasteiger partial charge is 0.433 e. The van der Waals surface area contributed by atoms with Crippen molar-refractivity contribution in [1.29, 1.82) is 0 Å². The zero-order valence-electron chi connectivity index (χ0n) is 16.5. The average molecular weight is 433 g/mol. The highest BCUT2D eigenvalue weighted by molar-refractivity contribution is 5.78. The highest BCUT2D eigenvalue weighted by Gasteiger charge is 2.35. The average Bonchev–Trinajstić information content (AvgIpc) is 3.43. The molecular formula is C19H18F3N7O2. The third-order valence-corrected chi connectivity index (χ3v) is 4.86. The number of alkyl halides is 3. The zero-order valence-corrected chi connectivity index (χ0v) is 16.5. The Bertz CT molecular complexity index is 1070. The summed E-state index contributed by atoms with van der Waals surface area (Å²) in [5.41, 5.74) is -0.0493. The lowest BCUT2D eigenvalue weighted by atomic mass is 10.1. The van der Waals surface area contributed by atoms with Gasteiger partial charge in [0.1, 0.15) is 23.6 Å². The van der Waals surface area contributed by atoms with E-state index in [9.17, 15) is 18.0 Å². The third-order valence-electron chi connectivity index (χ3n) is 4.86. The second-order valence-electron chi connectivity index (χ2n) is 7.12. The Hall–Kier alpha value is -3.57. The molecule has 1 aliphatic rings. The molecular weight excluding hydrogens is 415 g/mol. The van der Waals surface area contributed by atoms with Gasteiger partial charge >= 0.3 is 6.18 Å². The van der Waals surface area contributed by atoms with Gasteiger partial charge in [-0.05, 0) is 42.0 Å². The second-order valence-corrected chi connectivity index (χ2v) is 7.12. The van der Waals surface area contributed by atoms with Crippen LogP contribution in [0.15, 0.2) is 36.7 Å². The number of ether oxygens (including phenoxy) is 1. The largest absolute Gasteiger partial charge is 0.484 e. The topological polar surface area (TPSA) is 98.9 Å². The van der Waals surface area contributed by atoms with Gasteiger partial charge in [0.25, 0.3) is 5.91 Å². The van der Waals surface area contributed by atoms with Gasteiger partial charge < -0.3 is 9.64 Å². The Kier molecular flexibility index (Phi) is 5.53. The zero-order chi connectivity index (χ0) is 22.0. The molecule has 3 heterocycles. The van der Waals surface area contributed by atoms with Crippen LogP contribution < -0.4 is 4.74 Å². The first kappa shape index (κ1) is 20.7. The minimum absolute atomic E-state index is 0.109. The molecule has 1 unspecified atom stereocenters. The monoisotopic (exact) mass is 433 g/mol. The molecule has 0 spiro atoms. The second kappa shape index (κ2) is 8.28. The van der Waals surface area contributed by atoms with Crippen molar-refractivity contribution in [1.82, 2.24) is 35.1 Å². The maximum absolute atomic E-state index is 13.0. The molecule has 1 fully saturated rings. The predicted molar refractivity (Wildman–Crippen MR) is 100 cm³/mol. The Morgan fingerprint density at radius 1 is 1.26 bits per heavy atom. The van der Waals surface area contributed by atoms with Crippen molar-refractivity contribution < 1.29 is 22.7 Å². The quantitative estimate of drug-likeness (QED) is 0.608. The highest BCUT2D eigenvalue weighted by Crippen LogP contribution is 2.31. The van der Waals surface area contributed by atoms with Crippen LogP contribution >= 0.6 is 0 Å². The summed E-state index contributed by atoms with van der Waals surface area (Å²) in [4.78, 5) is 21.9. The summed E-state index contributed by atoms with van der Waals surface area (Å²) in [5, 5.41) is 10.9. The van der Waals surface area contributed by atoms with Crippen LogP contribution in [-0.2, 0) is 11.0 Å². The molecule has 0 aliphatic carbocycles. The predicted octanol–water partition coefficient (Wildman–Crippen LogP) is 2.17. The summed E-state index contributed by atoms with van der Waals surface area (Å²) in [5.74, 6) is -0.0428. The lowest BCUT2D eigenvalue weighted by molar-refractivity contribution is -0.141. The fourth-order valence-electron chi connectivity index (χ4n) is 3.35. The standard InChI is InChI=1S/C19H18F3N7O2/c1-12-7-16(19(20,21)22)25-18(24-12)13-5-6-28(9-13)17(30)10-31-15-4-2-3-14(8-15)29-11-23-26-27-29/h2-4,7-8,11,13H,5-6,9-10H2,1H3. The molecule has 12 heteroatoms. The molecule has 0 radical (unpaired) electrons. The van der Waals surface area contributed by atoms with Gasteiger partial charge in [0.2, 0.25) is 0 Å². The Balaban J connectivity index is 1.37. The number of aryl methyl sites for hydroxylation is 1. The first-order valence-corrected chi connectivity index (χ1v) is 9.46. The molecule has 0 N–H and O–H groups in total. The van der Waals surface area contributed by atoms with Crippen molar-refractivity contribution in [2.75, 3.05) is 19.7 Å². The normalized spacial score (nSPS) is 16.5. The van der Waals surface area contributed by atoms with Gasteiger partial charge in [-0.2, -0.15) is 13.2 Å². The molecule has 1 aliphatic heterocycles. The summed E-state index contributed by atoms with van der Waals surface area (Å²) in [6.45, 7) is 1.94. The number of likely N-dealkylation sites (tertiary alicyclic amines) is 1. The van der Waals surface area contributed by atoms with Gasteiger partial charge in [0.05, 0.1) is 5.69 Å². The SMILES string of the molecule is Cc1cc(C(F)(F)F)nc(C2CCN(C(=O)COc3cccc(-n4cnnn4)c3)C2)n1. The van der Waals surface area contributed by atoms with Crippen LogP contribution in [0.5, 0.6) is 5.75 Å². The fourth-order valence-corrected chi connectivity index (χ4v) is 3.35. The van der Waals surface area contributed by atoms with Crippen LogP contribution in [0.4, 0.5) is 13.2 Å². The van der Waals surface area contributed by atoms with E-state index in [-0.39, 0.29) is 36.5 Å². The van der Waals surface area contributed by atoms with Crippen LogP contribution in [0.3, 0.4) is 0 Å². The Morgan fingerprint density at radius 2 is 2.10 bits per heavy atom. The van der Waals surface area contributed by atoms with E-state index in [0.717, 1.165) is 6.07 Å². The molecule has 1 aromatic carbocycles. The van der Waals surface area contributed by atoms with E-state index < -0.39 is 11.9 Å². The Morgan fingerprint density at radius 3 is 2.84 bits per heavy atom. The van der Waals surface area contributed by atoms with Gasteiger partial charge in [-0.3, -0.25) is 4.79 Å². The van der Waals surface area contributed by atoms with E-state index in [1.54, 1.807) is 29.2 Å². The number of carbonyl (C=O) groups excluding carboxylic acids is 1. The summed E-state index contributed by atoms with van der Waals surface area (Å²) in [6.07, 6.45) is -2.62. The number of tetrazole rings is 1. The van der Waals surface area contributed by atoms with E-state index in [2.05, 4.69) is 25.5 Å². The van der Waals surface area contributed by atoms with Gasteiger partial charge in [0.15, 0.2) is 6.61 Å². The molecule has 3 aromatic rings. The number of halogens is 3. The number of amides is 1. The highest BCUT2D eigenvalue weighted by atomic mass is 19.4. The molecule has 31 heavy (non-hydrogen) atoms. The van der Waals surface area contributed by atoms with Crippen molar-refractivity contribution in [2.45, 2.75) is 25.4 Å². The molecule has 9 nitrogen and oxygen atoms in total. The maximum Gasteiger partial charge on any atom is 0.433 e. The van der Waals surface area contributed by atoms with Crippen molar-refractivity contribution in [3.05, 3.63) is 53.9 Å². The maximum atomic E-state index is 13.0. The van der Waals surface area contributed by atoms with Crippen LogP contribution in [0, 0.1) is 6.92 Å². The molecule has 0 saturated carbocycles. The lowest BCUT2D eigenvalue weighted by Crippen LogP contribution is -2.33. The van der Waals surface area contributed by atoms with E-state index in [4.69, 9.17) is 4.74 Å². The van der Waals surface area contributed by atoms with Crippen molar-refractivity contribution >= 4 is 5.91 Å². The van der Waals surface area contributed by atoms with E-state index in [0.29, 0.717) is 24.4 Å². The lowest BCUT2D eigenvalue weighted by Gasteiger charge is -2.17. The minimum atomic E-state index is -4.54. The molecule has 162 valence electrons. The molecule has 0 bridgehead atoms. The molecule has 1 amide bonds. The Labute approximate surface area is 174 Å². The summed E-state index contributed by atoms with van der Waals surface area (Å²) in [7, 11) is 0. The van der Waals surface area contributed by atoms with Gasteiger partial charge in [-0.25, -0.2) is 14.6 Å². The minimum Gasteiger partial charge on any atom is -0.484 e. The summed E-state index contributed by atoms with van der Waals surface area (Å²) < 4.78 is 46.2.